The van der Waals surface area contributed by atoms with Crippen molar-refractivity contribution >= 4 is 17.8 Å². The smallest absolute Gasteiger partial charge is 0.335 e. The molecule has 1 fully saturated rings. The summed E-state index contributed by atoms with van der Waals surface area (Å²) in [5, 5.41) is 32.5. The lowest BCUT2D eigenvalue weighted by Crippen LogP contribution is -2.39. The van der Waals surface area contributed by atoms with E-state index in [0.29, 0.717) is 6.61 Å². The summed E-state index contributed by atoms with van der Waals surface area (Å²) in [4.78, 5) is 34.2. The molecule has 1 aliphatic rings. The van der Waals surface area contributed by atoms with Gasteiger partial charge in [-0.15, -0.1) is 0 Å². The van der Waals surface area contributed by atoms with Crippen LogP contribution in [0.4, 0.5) is 0 Å². The van der Waals surface area contributed by atoms with Gasteiger partial charge < -0.3 is 26.2 Å². The van der Waals surface area contributed by atoms with Crippen LogP contribution in [-0.2, 0) is 19.2 Å². The number of carbonyl (C=O) groups excluding carboxylic acids is 1. The summed E-state index contributed by atoms with van der Waals surface area (Å²) < 4.78 is 0. The van der Waals surface area contributed by atoms with Gasteiger partial charge in [0.2, 0.25) is 0 Å². The van der Waals surface area contributed by atoms with Crippen LogP contribution in [0.25, 0.3) is 0 Å². The van der Waals surface area contributed by atoms with Crippen LogP contribution in [0.1, 0.15) is 0 Å². The van der Waals surface area contributed by atoms with E-state index >= 15 is 0 Å². The van der Waals surface area contributed by atoms with Crippen LogP contribution in [0.5, 0.6) is 0 Å². The zero-order valence-electron chi connectivity index (χ0n) is 8.44. The second-order valence-corrected chi connectivity index (χ2v) is 2.95. The Hall–Kier alpha value is -1.75. The van der Waals surface area contributed by atoms with Crippen LogP contribution < -0.4 is 11.2 Å². The number of amides is 1. The van der Waals surface area contributed by atoms with Crippen molar-refractivity contribution in [3.05, 3.63) is 0 Å². The molecule has 17 heavy (non-hydrogen) atoms. The van der Waals surface area contributed by atoms with E-state index in [1.54, 1.807) is 0 Å². The highest BCUT2D eigenvalue weighted by atomic mass is 16.7. The van der Waals surface area contributed by atoms with E-state index in [2.05, 4.69) is 10.3 Å². The molecule has 0 spiro atoms. The monoisotopic (exact) mass is 252 g/mol. The molecule has 1 aliphatic heterocycles. The standard InChI is InChI=1S/C4H6O6.C3H6N2O2/c5-1(3(7)8)2(6)4(9)10;4-2-1-7-5-3(2)6/h1-2,5-6H,(H,7,8)(H,9,10);2H,1,4H2,(H,5,6)/t1-,2-;2-/m11/s1. The SMILES string of the molecule is N[C@@H]1CONC1=O.O=C(O)[C@H](O)[C@@H](O)C(=O)O. The van der Waals surface area contributed by atoms with Gasteiger partial charge in [-0.3, -0.25) is 9.63 Å². The Kier molecular flexibility index (Phi) is 6.06. The molecule has 98 valence electrons. The topological polar surface area (TPSA) is 179 Å². The van der Waals surface area contributed by atoms with Gasteiger partial charge >= 0.3 is 11.9 Å². The number of carboxylic acids is 2. The first kappa shape index (κ1) is 15.2. The molecule has 1 heterocycles. The molecular weight excluding hydrogens is 240 g/mol. The van der Waals surface area contributed by atoms with Crippen LogP contribution in [0.15, 0.2) is 0 Å². The zero-order valence-corrected chi connectivity index (χ0v) is 8.44. The lowest BCUT2D eigenvalue weighted by atomic mass is 10.2. The Morgan fingerprint density at radius 1 is 1.29 bits per heavy atom. The van der Waals surface area contributed by atoms with E-state index in [1.165, 1.54) is 0 Å². The van der Waals surface area contributed by atoms with E-state index in [9.17, 15) is 14.4 Å². The summed E-state index contributed by atoms with van der Waals surface area (Å²) in [5.41, 5.74) is 7.25. The molecule has 1 saturated heterocycles. The van der Waals surface area contributed by atoms with Gasteiger partial charge in [0.05, 0.1) is 6.61 Å². The van der Waals surface area contributed by atoms with Crippen molar-refractivity contribution in [2.24, 2.45) is 5.73 Å². The maximum Gasteiger partial charge on any atom is 0.335 e. The average Bonchev–Trinajstić information content (AvgIpc) is 2.61. The summed E-state index contributed by atoms with van der Waals surface area (Å²) in [6.45, 7) is 0.291. The molecule has 0 unspecified atom stereocenters. The van der Waals surface area contributed by atoms with Gasteiger partial charge in [-0.25, -0.2) is 15.1 Å². The lowest BCUT2D eigenvalue weighted by Gasteiger charge is -2.07. The van der Waals surface area contributed by atoms with Crippen molar-refractivity contribution in [3.63, 3.8) is 0 Å². The highest BCUT2D eigenvalue weighted by Gasteiger charge is 2.29. The predicted octanol–water partition coefficient (Wildman–Crippen LogP) is -3.75. The van der Waals surface area contributed by atoms with Crippen LogP contribution in [0.3, 0.4) is 0 Å². The van der Waals surface area contributed by atoms with E-state index in [1.807, 2.05) is 0 Å². The largest absolute Gasteiger partial charge is 0.479 e. The molecule has 10 heteroatoms. The number of hydroxylamine groups is 1. The van der Waals surface area contributed by atoms with Crippen molar-refractivity contribution in [2.45, 2.75) is 18.2 Å². The summed E-state index contributed by atoms with van der Waals surface area (Å²) in [5.74, 6) is -3.77. The molecular formula is C7H12N2O8. The third-order valence-electron chi connectivity index (χ3n) is 1.58. The lowest BCUT2D eigenvalue weighted by molar-refractivity contribution is -0.165. The number of carbonyl (C=O) groups is 3. The third-order valence-corrected chi connectivity index (χ3v) is 1.58. The van der Waals surface area contributed by atoms with Crippen molar-refractivity contribution in [3.8, 4) is 0 Å². The Balaban J connectivity index is 0.000000318. The van der Waals surface area contributed by atoms with Gasteiger partial charge in [0.15, 0.2) is 12.2 Å². The van der Waals surface area contributed by atoms with Crippen LogP contribution >= 0.6 is 0 Å². The van der Waals surface area contributed by atoms with Gasteiger partial charge in [0.1, 0.15) is 6.04 Å². The first-order valence-corrected chi connectivity index (χ1v) is 4.26. The second-order valence-electron chi connectivity index (χ2n) is 2.95. The third kappa shape index (κ3) is 5.21. The van der Waals surface area contributed by atoms with Gasteiger partial charge in [0, 0.05) is 0 Å². The number of carboxylic acid groups (broad SMARTS) is 2. The van der Waals surface area contributed by atoms with Crippen molar-refractivity contribution < 1.29 is 39.6 Å². The number of rotatable bonds is 3. The number of aliphatic carboxylic acids is 2. The van der Waals surface area contributed by atoms with Gasteiger partial charge in [-0.05, 0) is 0 Å². The van der Waals surface area contributed by atoms with E-state index in [0.717, 1.165) is 0 Å². The minimum Gasteiger partial charge on any atom is -0.479 e. The first-order valence-electron chi connectivity index (χ1n) is 4.26. The number of nitrogens with two attached hydrogens (primary N) is 1. The van der Waals surface area contributed by atoms with Crippen molar-refractivity contribution in [1.82, 2.24) is 5.48 Å². The quantitative estimate of drug-likeness (QED) is 0.294. The fourth-order valence-electron chi connectivity index (χ4n) is 0.624. The van der Waals surface area contributed by atoms with Crippen LogP contribution in [-0.4, -0.2) is 63.1 Å². The molecule has 0 aliphatic carbocycles. The molecule has 0 saturated carbocycles. The number of aliphatic hydroxyl groups is 2. The van der Waals surface area contributed by atoms with Gasteiger partial charge in [-0.2, -0.15) is 0 Å². The second kappa shape index (κ2) is 6.75. The Morgan fingerprint density at radius 3 is 1.82 bits per heavy atom. The van der Waals surface area contributed by atoms with Gasteiger partial charge in [0.25, 0.3) is 5.91 Å². The summed E-state index contributed by atoms with van der Waals surface area (Å²) in [7, 11) is 0. The van der Waals surface area contributed by atoms with E-state index in [4.69, 9.17) is 26.2 Å². The maximum absolute atomic E-state index is 10.2. The van der Waals surface area contributed by atoms with Crippen molar-refractivity contribution in [1.29, 1.82) is 0 Å². The Labute approximate surface area is 94.5 Å². The molecule has 1 amide bonds. The summed E-state index contributed by atoms with van der Waals surface area (Å²) in [6, 6.07) is -0.458. The minimum atomic E-state index is -2.27. The van der Waals surface area contributed by atoms with E-state index < -0.39 is 30.2 Å². The van der Waals surface area contributed by atoms with Crippen LogP contribution in [0, 0.1) is 0 Å². The first-order chi connectivity index (χ1) is 7.77. The number of aliphatic hydroxyl groups excluding tert-OH is 2. The molecule has 0 aromatic heterocycles. The highest BCUT2D eigenvalue weighted by Crippen LogP contribution is 1.92. The summed E-state index contributed by atoms with van der Waals surface area (Å²) >= 11 is 0. The molecule has 3 atom stereocenters. The number of hydrogen-bond donors (Lipinski definition) is 6. The maximum atomic E-state index is 10.2. The minimum absolute atomic E-state index is 0.236. The fourth-order valence-corrected chi connectivity index (χ4v) is 0.624. The average molecular weight is 252 g/mol. The molecule has 10 nitrogen and oxygen atoms in total. The zero-order chi connectivity index (χ0) is 13.6. The van der Waals surface area contributed by atoms with Crippen LogP contribution in [0.2, 0.25) is 0 Å². The number of nitrogens with one attached hydrogen (secondary N) is 1. The molecule has 0 aromatic rings. The van der Waals surface area contributed by atoms with Gasteiger partial charge in [-0.1, -0.05) is 0 Å². The fraction of sp³-hybridized carbons (Fsp3) is 0.571. The summed E-state index contributed by atoms with van der Waals surface area (Å²) in [6.07, 6.45) is -4.53. The molecule has 1 rings (SSSR count). The number of hydrogen-bond acceptors (Lipinski definition) is 7. The van der Waals surface area contributed by atoms with E-state index in [-0.39, 0.29) is 5.91 Å². The predicted molar refractivity (Wildman–Crippen MR) is 49.4 cm³/mol. The highest BCUT2D eigenvalue weighted by molar-refractivity contribution is 5.83. The van der Waals surface area contributed by atoms with Crippen molar-refractivity contribution in [2.75, 3.05) is 6.61 Å². The Morgan fingerprint density at radius 2 is 1.71 bits per heavy atom. The Bertz CT molecular complexity index is 288. The molecule has 7 N–H and O–H groups in total. The molecule has 0 radical (unpaired) electrons. The molecule has 0 bridgehead atoms. The normalized spacial score (nSPS) is 21.8. The molecule has 0 aromatic carbocycles.